The minimum Gasteiger partial charge on any atom is -0.488 e. The van der Waals surface area contributed by atoms with Gasteiger partial charge in [0.05, 0.1) is 15.7 Å². The molecule has 1 aliphatic rings. The molecule has 14 heteroatoms. The minimum absolute atomic E-state index is 0.0718. The number of pyridine rings is 1. The van der Waals surface area contributed by atoms with Crippen molar-refractivity contribution in [2.45, 2.75) is 33.5 Å². The summed E-state index contributed by atoms with van der Waals surface area (Å²) in [6, 6.07) is 9.20. The number of likely N-dealkylation sites (N-methyl/N-ethyl adjacent to an activating group) is 1. The molecule has 0 spiro atoms. The van der Waals surface area contributed by atoms with Crippen molar-refractivity contribution in [1.29, 1.82) is 0 Å². The second kappa shape index (κ2) is 11.2. The van der Waals surface area contributed by atoms with Gasteiger partial charge in [0, 0.05) is 40.3 Å². The number of sulfonamides is 1. The quantitative estimate of drug-likeness (QED) is 0.290. The predicted octanol–water partition coefficient (Wildman–Crippen LogP) is 7.20. The van der Waals surface area contributed by atoms with E-state index >= 15 is 0 Å². The maximum atomic E-state index is 13.6. The molecule has 0 radical (unpaired) electrons. The van der Waals surface area contributed by atoms with E-state index in [1.165, 1.54) is 17.8 Å². The van der Waals surface area contributed by atoms with Crippen LogP contribution in [0, 0.1) is 0 Å². The molecule has 2 heterocycles. The van der Waals surface area contributed by atoms with E-state index in [0.717, 1.165) is 24.4 Å². The van der Waals surface area contributed by atoms with Gasteiger partial charge in [0.2, 0.25) is 0 Å². The van der Waals surface area contributed by atoms with E-state index < -0.39 is 33.6 Å². The van der Waals surface area contributed by atoms with Crippen LogP contribution in [0.25, 0.3) is 0 Å². The van der Waals surface area contributed by atoms with Crippen molar-refractivity contribution in [2.24, 2.45) is 0 Å². The Bertz CT molecular complexity index is 1410. The zero-order chi connectivity index (χ0) is 27.0. The van der Waals surface area contributed by atoms with E-state index in [0.29, 0.717) is 43.9 Å². The molecule has 37 heavy (non-hydrogen) atoms. The van der Waals surface area contributed by atoms with Crippen LogP contribution in [-0.4, -0.2) is 44.5 Å². The number of anilines is 1. The van der Waals surface area contributed by atoms with Gasteiger partial charge in [-0.2, -0.15) is 13.2 Å². The Kier molecular flexibility index (Phi) is 8.56. The Morgan fingerprint density at radius 1 is 1.16 bits per heavy atom. The third-order valence-corrected chi connectivity index (χ3v) is 8.97. The van der Waals surface area contributed by atoms with Crippen molar-refractivity contribution < 1.29 is 26.3 Å². The van der Waals surface area contributed by atoms with Gasteiger partial charge in [-0.3, -0.25) is 4.72 Å². The Hall–Kier alpha value is -1.70. The van der Waals surface area contributed by atoms with Crippen LogP contribution in [0.1, 0.15) is 12.0 Å². The van der Waals surface area contributed by atoms with Gasteiger partial charge in [0.15, 0.2) is 0 Å². The van der Waals surface area contributed by atoms with Gasteiger partial charge in [-0.05, 0) is 65.8 Å². The van der Waals surface area contributed by atoms with Crippen LogP contribution in [0.15, 0.2) is 68.0 Å². The third-order valence-electron chi connectivity index (χ3n) is 5.32. The molecule has 3 aromatic rings. The molecule has 0 saturated carbocycles. The van der Waals surface area contributed by atoms with Crippen LogP contribution in [0.5, 0.6) is 5.75 Å². The number of benzene rings is 2. The van der Waals surface area contributed by atoms with Crippen molar-refractivity contribution in [3.63, 3.8) is 0 Å². The molecule has 6 nitrogen and oxygen atoms in total. The fraction of sp³-hybridized carbons (Fsp3) is 0.261. The summed E-state index contributed by atoms with van der Waals surface area (Å²) in [4.78, 5) is 6.67. The lowest BCUT2D eigenvalue weighted by Crippen LogP contribution is -2.23. The molecule has 1 atom stereocenters. The molecular weight excluding hydrogens is 638 g/mol. The van der Waals surface area contributed by atoms with Gasteiger partial charge in [0.1, 0.15) is 21.8 Å². The normalized spacial score (nSPS) is 16.7. The maximum absolute atomic E-state index is 13.6. The second-order valence-electron chi connectivity index (χ2n) is 8.27. The van der Waals surface area contributed by atoms with Crippen LogP contribution in [-0.2, 0) is 16.2 Å². The highest BCUT2D eigenvalue weighted by molar-refractivity contribution is 9.10. The molecule has 0 amide bonds. The van der Waals surface area contributed by atoms with E-state index in [9.17, 15) is 21.6 Å². The first kappa shape index (κ1) is 28.3. The number of likely N-dealkylation sites (tertiary alicyclic amines) is 1. The van der Waals surface area contributed by atoms with Gasteiger partial charge in [-0.15, -0.1) is 0 Å². The Morgan fingerprint density at radius 3 is 2.46 bits per heavy atom. The molecule has 1 aliphatic heterocycles. The van der Waals surface area contributed by atoms with E-state index in [2.05, 4.69) is 25.6 Å². The van der Waals surface area contributed by atoms with Crippen molar-refractivity contribution in [1.82, 2.24) is 9.88 Å². The summed E-state index contributed by atoms with van der Waals surface area (Å²) in [6.45, 7) is 1.16. The number of rotatable bonds is 7. The average molecular weight is 657 g/mol. The van der Waals surface area contributed by atoms with Crippen LogP contribution in [0.3, 0.4) is 0 Å². The van der Waals surface area contributed by atoms with Gasteiger partial charge in [0.25, 0.3) is 10.0 Å². The van der Waals surface area contributed by atoms with Crippen LogP contribution in [0.2, 0.25) is 10.0 Å². The fourth-order valence-electron chi connectivity index (χ4n) is 3.63. The zero-order valence-electron chi connectivity index (χ0n) is 19.0. The zero-order valence-corrected chi connectivity index (χ0v) is 23.8. The lowest BCUT2D eigenvalue weighted by Gasteiger charge is -2.19. The first-order valence-corrected chi connectivity index (χ1v) is 14.5. The summed E-state index contributed by atoms with van der Waals surface area (Å²) in [5, 5.41) is 1.34. The summed E-state index contributed by atoms with van der Waals surface area (Å²) in [7, 11) is -2.33. The molecule has 0 aliphatic carbocycles. The van der Waals surface area contributed by atoms with Gasteiger partial charge in [-0.1, -0.05) is 35.0 Å². The summed E-state index contributed by atoms with van der Waals surface area (Å²) in [5.41, 5.74) is -1.05. The first-order chi connectivity index (χ1) is 17.3. The topological polar surface area (TPSA) is 71.5 Å². The summed E-state index contributed by atoms with van der Waals surface area (Å²) < 4.78 is 75.0. The number of nitrogens with one attached hydrogen (secondary N) is 1. The fourth-order valence-corrected chi connectivity index (χ4v) is 6.91. The van der Waals surface area contributed by atoms with Crippen molar-refractivity contribution >= 4 is 66.6 Å². The highest BCUT2D eigenvalue weighted by Crippen LogP contribution is 2.39. The second-order valence-corrected chi connectivity index (χ2v) is 12.7. The SMILES string of the molecule is CN1CCC(Oc2cc(NS(=O)(=O)c3cnc(Sc4cc(Cl)cc(Cl)c4)c(Br)c3)ccc2C(F)(F)F)C1. The number of aromatic nitrogens is 1. The third kappa shape index (κ3) is 7.24. The van der Waals surface area contributed by atoms with Gasteiger partial charge in [-0.25, -0.2) is 13.4 Å². The van der Waals surface area contributed by atoms with E-state index in [1.54, 1.807) is 18.2 Å². The van der Waals surface area contributed by atoms with Crippen LogP contribution < -0.4 is 9.46 Å². The molecule has 198 valence electrons. The molecule has 1 unspecified atom stereocenters. The standard InChI is InChI=1S/C23H19BrCl2F3N3O3S2/c1-32-5-4-16(12-32)35-21-9-15(2-3-19(21)23(27,28)29)31-37(33,34)18-10-20(24)22(30-11-18)36-17-7-13(25)6-14(26)8-17/h2-3,6-11,16,31H,4-5,12H2,1H3. The molecule has 0 bridgehead atoms. The highest BCUT2D eigenvalue weighted by atomic mass is 79.9. The van der Waals surface area contributed by atoms with Crippen molar-refractivity contribution in [2.75, 3.05) is 24.9 Å². The number of halogens is 6. The molecule has 1 aromatic heterocycles. The Morgan fingerprint density at radius 2 is 1.86 bits per heavy atom. The maximum Gasteiger partial charge on any atom is 0.419 e. The number of alkyl halides is 3. The number of hydrogen-bond acceptors (Lipinski definition) is 6. The molecule has 1 saturated heterocycles. The smallest absolute Gasteiger partial charge is 0.419 e. The molecule has 2 aromatic carbocycles. The Labute approximate surface area is 234 Å². The number of nitrogens with zero attached hydrogens (tertiary/aromatic N) is 2. The van der Waals surface area contributed by atoms with Gasteiger partial charge < -0.3 is 9.64 Å². The Balaban J connectivity index is 1.56. The minimum atomic E-state index is -4.66. The lowest BCUT2D eigenvalue weighted by atomic mass is 10.1. The monoisotopic (exact) mass is 655 g/mol. The molecule has 4 rings (SSSR count). The molecule has 1 fully saturated rings. The van der Waals surface area contributed by atoms with E-state index in [1.807, 2.05) is 11.9 Å². The number of hydrogen-bond donors (Lipinski definition) is 1. The predicted molar refractivity (Wildman–Crippen MR) is 141 cm³/mol. The average Bonchev–Trinajstić information content (AvgIpc) is 3.18. The van der Waals surface area contributed by atoms with E-state index in [4.69, 9.17) is 27.9 Å². The van der Waals surface area contributed by atoms with Crippen LogP contribution >= 0.6 is 50.9 Å². The largest absolute Gasteiger partial charge is 0.488 e. The van der Waals surface area contributed by atoms with E-state index in [-0.39, 0.29) is 10.6 Å². The summed E-state index contributed by atoms with van der Waals surface area (Å²) in [6.07, 6.45) is -3.38. The summed E-state index contributed by atoms with van der Waals surface area (Å²) >= 11 is 16.6. The highest BCUT2D eigenvalue weighted by Gasteiger charge is 2.36. The summed E-state index contributed by atoms with van der Waals surface area (Å²) in [5.74, 6) is -0.431. The molecule has 1 N–H and O–H groups in total. The van der Waals surface area contributed by atoms with Crippen molar-refractivity contribution in [3.8, 4) is 5.75 Å². The first-order valence-electron chi connectivity index (χ1n) is 10.7. The van der Waals surface area contributed by atoms with Gasteiger partial charge >= 0.3 is 6.18 Å². The molecular formula is C23H19BrCl2F3N3O3S2. The van der Waals surface area contributed by atoms with Crippen LogP contribution in [0.4, 0.5) is 18.9 Å². The lowest BCUT2D eigenvalue weighted by molar-refractivity contribution is -0.139. The van der Waals surface area contributed by atoms with Crippen molar-refractivity contribution in [3.05, 3.63) is 68.7 Å². The number of ether oxygens (including phenoxy) is 1.